The van der Waals surface area contributed by atoms with Crippen molar-refractivity contribution in [3.8, 4) is 0 Å². The number of rotatable bonds is 5. The SMILES string of the molecule is CCOC(=O)Nc1ccc(NC2CCC(CC)C2)cc1. The van der Waals surface area contributed by atoms with E-state index in [0.717, 1.165) is 17.3 Å². The van der Waals surface area contributed by atoms with Crippen molar-refractivity contribution in [2.75, 3.05) is 17.2 Å². The fourth-order valence-corrected chi connectivity index (χ4v) is 2.75. The number of carbonyl (C=O) groups excluding carboxylic acids is 1. The van der Waals surface area contributed by atoms with Crippen LogP contribution in [0, 0.1) is 5.92 Å². The van der Waals surface area contributed by atoms with Crippen LogP contribution in [-0.4, -0.2) is 18.7 Å². The van der Waals surface area contributed by atoms with Crippen LogP contribution in [-0.2, 0) is 4.74 Å². The largest absolute Gasteiger partial charge is 0.450 e. The van der Waals surface area contributed by atoms with Crippen LogP contribution >= 0.6 is 0 Å². The molecule has 1 aromatic rings. The van der Waals surface area contributed by atoms with E-state index >= 15 is 0 Å². The van der Waals surface area contributed by atoms with Gasteiger partial charge in [0.2, 0.25) is 0 Å². The summed E-state index contributed by atoms with van der Waals surface area (Å²) in [7, 11) is 0. The van der Waals surface area contributed by atoms with Crippen LogP contribution in [0.1, 0.15) is 39.5 Å². The summed E-state index contributed by atoms with van der Waals surface area (Å²) in [6.07, 6.45) is 4.72. The second-order valence-corrected chi connectivity index (χ2v) is 5.35. The summed E-state index contributed by atoms with van der Waals surface area (Å²) in [5.74, 6) is 0.872. The molecule has 110 valence electrons. The van der Waals surface area contributed by atoms with E-state index in [2.05, 4.69) is 17.6 Å². The van der Waals surface area contributed by atoms with Crippen molar-refractivity contribution in [2.45, 2.75) is 45.6 Å². The predicted octanol–water partition coefficient (Wildman–Crippen LogP) is 4.25. The van der Waals surface area contributed by atoms with Crippen molar-refractivity contribution in [3.63, 3.8) is 0 Å². The maximum Gasteiger partial charge on any atom is 0.411 e. The molecule has 0 aliphatic heterocycles. The first kappa shape index (κ1) is 14.7. The summed E-state index contributed by atoms with van der Waals surface area (Å²) in [6, 6.07) is 8.38. The number of carbonyl (C=O) groups is 1. The third kappa shape index (κ3) is 4.15. The Labute approximate surface area is 120 Å². The Kier molecular flexibility index (Phi) is 5.27. The molecule has 1 amide bonds. The van der Waals surface area contributed by atoms with Crippen LogP contribution in [0.15, 0.2) is 24.3 Å². The molecule has 0 heterocycles. The number of amides is 1. The number of hydrogen-bond acceptors (Lipinski definition) is 3. The van der Waals surface area contributed by atoms with Crippen LogP contribution < -0.4 is 10.6 Å². The van der Waals surface area contributed by atoms with Gasteiger partial charge in [-0.2, -0.15) is 0 Å². The molecule has 2 N–H and O–H groups in total. The van der Waals surface area contributed by atoms with Crippen molar-refractivity contribution in [1.82, 2.24) is 0 Å². The summed E-state index contributed by atoms with van der Waals surface area (Å²) in [5.41, 5.74) is 1.87. The molecule has 0 aromatic heterocycles. The molecule has 0 spiro atoms. The van der Waals surface area contributed by atoms with Gasteiger partial charge in [-0.3, -0.25) is 5.32 Å². The average Bonchev–Trinajstić information content (AvgIpc) is 2.89. The predicted molar refractivity (Wildman–Crippen MR) is 82.1 cm³/mol. The lowest BCUT2D eigenvalue weighted by Gasteiger charge is -2.15. The Bertz CT molecular complexity index is 431. The van der Waals surface area contributed by atoms with Gasteiger partial charge < -0.3 is 10.1 Å². The van der Waals surface area contributed by atoms with Crippen LogP contribution in [0.2, 0.25) is 0 Å². The molecule has 20 heavy (non-hydrogen) atoms. The topological polar surface area (TPSA) is 50.4 Å². The highest BCUT2D eigenvalue weighted by molar-refractivity contribution is 5.84. The molecule has 4 nitrogen and oxygen atoms in total. The quantitative estimate of drug-likeness (QED) is 0.845. The van der Waals surface area contributed by atoms with Gasteiger partial charge in [-0.15, -0.1) is 0 Å². The van der Waals surface area contributed by atoms with E-state index in [4.69, 9.17) is 4.74 Å². The second kappa shape index (κ2) is 7.17. The highest BCUT2D eigenvalue weighted by Gasteiger charge is 2.22. The lowest BCUT2D eigenvalue weighted by Crippen LogP contribution is -2.16. The Morgan fingerprint density at radius 3 is 2.50 bits per heavy atom. The number of anilines is 2. The monoisotopic (exact) mass is 276 g/mol. The Hall–Kier alpha value is -1.71. The van der Waals surface area contributed by atoms with Gasteiger partial charge in [-0.1, -0.05) is 13.3 Å². The molecule has 1 aliphatic carbocycles. The van der Waals surface area contributed by atoms with Crippen molar-refractivity contribution in [2.24, 2.45) is 5.92 Å². The van der Waals surface area contributed by atoms with Crippen molar-refractivity contribution >= 4 is 17.5 Å². The zero-order valence-corrected chi connectivity index (χ0v) is 12.3. The molecule has 4 heteroatoms. The van der Waals surface area contributed by atoms with E-state index in [0.29, 0.717) is 12.6 Å². The van der Waals surface area contributed by atoms with Gasteiger partial charge >= 0.3 is 6.09 Å². The molecule has 0 radical (unpaired) electrons. The summed E-state index contributed by atoms with van der Waals surface area (Å²) in [4.78, 5) is 11.3. The van der Waals surface area contributed by atoms with Gasteiger partial charge in [0, 0.05) is 17.4 Å². The smallest absolute Gasteiger partial charge is 0.411 e. The molecular formula is C16H24N2O2. The highest BCUT2D eigenvalue weighted by Crippen LogP contribution is 2.30. The van der Waals surface area contributed by atoms with Gasteiger partial charge in [-0.25, -0.2) is 4.79 Å². The van der Waals surface area contributed by atoms with Gasteiger partial charge in [0.25, 0.3) is 0 Å². The minimum Gasteiger partial charge on any atom is -0.450 e. The van der Waals surface area contributed by atoms with E-state index in [1.165, 1.54) is 25.7 Å². The summed E-state index contributed by atoms with van der Waals surface area (Å²) < 4.78 is 4.84. The van der Waals surface area contributed by atoms with Gasteiger partial charge in [0.15, 0.2) is 0 Å². The van der Waals surface area contributed by atoms with Gasteiger partial charge in [0.05, 0.1) is 6.61 Å². The third-order valence-electron chi connectivity index (χ3n) is 3.90. The minimum absolute atomic E-state index is 0.381. The first-order valence-corrected chi connectivity index (χ1v) is 7.51. The molecule has 1 saturated carbocycles. The molecule has 1 fully saturated rings. The normalized spacial score (nSPS) is 21.5. The molecule has 1 aromatic carbocycles. The molecule has 2 unspecified atom stereocenters. The zero-order chi connectivity index (χ0) is 14.4. The maximum atomic E-state index is 11.3. The van der Waals surface area contributed by atoms with Crippen LogP contribution in [0.3, 0.4) is 0 Å². The van der Waals surface area contributed by atoms with Crippen LogP contribution in [0.5, 0.6) is 0 Å². The highest BCUT2D eigenvalue weighted by atomic mass is 16.5. The van der Waals surface area contributed by atoms with E-state index < -0.39 is 6.09 Å². The van der Waals surface area contributed by atoms with Crippen LogP contribution in [0.4, 0.5) is 16.2 Å². The second-order valence-electron chi connectivity index (χ2n) is 5.35. The first-order valence-electron chi connectivity index (χ1n) is 7.51. The van der Waals surface area contributed by atoms with Crippen molar-refractivity contribution in [3.05, 3.63) is 24.3 Å². The Morgan fingerprint density at radius 2 is 1.90 bits per heavy atom. The Balaban J connectivity index is 1.84. The number of hydrogen-bond donors (Lipinski definition) is 2. The minimum atomic E-state index is -0.408. The van der Waals surface area contributed by atoms with E-state index in [1.54, 1.807) is 6.92 Å². The first-order chi connectivity index (χ1) is 9.71. The van der Waals surface area contributed by atoms with Crippen molar-refractivity contribution < 1.29 is 9.53 Å². The standard InChI is InChI=1S/C16H24N2O2/c1-3-12-5-6-15(11-12)17-13-7-9-14(10-8-13)18-16(19)20-4-2/h7-10,12,15,17H,3-6,11H2,1-2H3,(H,18,19). The molecular weight excluding hydrogens is 252 g/mol. The Morgan fingerprint density at radius 1 is 1.20 bits per heavy atom. The third-order valence-corrected chi connectivity index (χ3v) is 3.90. The summed E-state index contributed by atoms with van der Waals surface area (Å²) in [5, 5.41) is 6.26. The summed E-state index contributed by atoms with van der Waals surface area (Å²) in [6.45, 7) is 4.44. The maximum absolute atomic E-state index is 11.3. The average molecular weight is 276 g/mol. The van der Waals surface area contributed by atoms with E-state index in [-0.39, 0.29) is 0 Å². The van der Waals surface area contributed by atoms with Crippen molar-refractivity contribution in [1.29, 1.82) is 0 Å². The fraction of sp³-hybridized carbons (Fsp3) is 0.562. The molecule has 0 bridgehead atoms. The number of nitrogens with one attached hydrogen (secondary N) is 2. The fourth-order valence-electron chi connectivity index (χ4n) is 2.75. The van der Waals surface area contributed by atoms with E-state index in [1.807, 2.05) is 24.3 Å². The lowest BCUT2D eigenvalue weighted by atomic mass is 10.1. The molecule has 2 atom stereocenters. The van der Waals surface area contributed by atoms with Crippen LogP contribution in [0.25, 0.3) is 0 Å². The van der Waals surface area contributed by atoms with E-state index in [9.17, 15) is 4.79 Å². The number of ether oxygens (including phenoxy) is 1. The summed E-state index contributed by atoms with van der Waals surface area (Å²) >= 11 is 0. The molecule has 1 aliphatic rings. The molecule has 0 saturated heterocycles. The molecule has 2 rings (SSSR count). The van der Waals surface area contributed by atoms with Gasteiger partial charge in [-0.05, 0) is 56.4 Å². The zero-order valence-electron chi connectivity index (χ0n) is 12.3. The van der Waals surface area contributed by atoms with Gasteiger partial charge in [0.1, 0.15) is 0 Å². The lowest BCUT2D eigenvalue weighted by molar-refractivity contribution is 0.168. The number of benzene rings is 1.